The van der Waals surface area contributed by atoms with Crippen molar-refractivity contribution in [3.8, 4) is 11.5 Å². The third-order valence-electron chi connectivity index (χ3n) is 6.45. The van der Waals surface area contributed by atoms with Crippen LogP contribution in [0.3, 0.4) is 0 Å². The van der Waals surface area contributed by atoms with Gasteiger partial charge in [-0.2, -0.15) is 0 Å². The van der Waals surface area contributed by atoms with Gasteiger partial charge in [-0.1, -0.05) is 49.0 Å². The molecule has 2 aliphatic heterocycles. The molecule has 0 aromatic heterocycles. The standard InChI is InChI=1S/C29H33N3O5S/c1-6-18(3)30-24(33)15-20-17-38-29-31-26(19-11-9-8-10-12-19)25(28(34)37-7-2)27(32(20)29)22-16-21(35-4)13-14-23(22)36-5/h8-14,16-18,27H,6-7,15H2,1-5H3,(H,30,33)/t18-,27+/m0/s1. The zero-order chi connectivity index (χ0) is 27.2. The number of fused-ring (bicyclic) bond motifs is 1. The van der Waals surface area contributed by atoms with Crippen molar-refractivity contribution in [2.24, 2.45) is 4.99 Å². The van der Waals surface area contributed by atoms with Crippen LogP contribution in [0, 0.1) is 0 Å². The number of carbonyl (C=O) groups excluding carboxylic acids is 2. The Kier molecular flexibility index (Phi) is 8.78. The molecule has 38 heavy (non-hydrogen) atoms. The van der Waals surface area contributed by atoms with E-state index in [9.17, 15) is 9.59 Å². The first kappa shape index (κ1) is 27.3. The van der Waals surface area contributed by atoms with Gasteiger partial charge in [0.1, 0.15) is 11.5 Å². The first-order valence-corrected chi connectivity index (χ1v) is 13.5. The average molecular weight is 536 g/mol. The second kappa shape index (κ2) is 12.2. The van der Waals surface area contributed by atoms with Gasteiger partial charge >= 0.3 is 5.97 Å². The Balaban J connectivity index is 1.92. The number of aliphatic imine (C=N–C) groups is 1. The molecule has 2 aliphatic rings. The molecular formula is C29H33N3O5S. The van der Waals surface area contributed by atoms with Crippen LogP contribution in [0.4, 0.5) is 0 Å². The Morgan fingerprint density at radius 2 is 1.87 bits per heavy atom. The number of amidine groups is 1. The van der Waals surface area contributed by atoms with E-state index in [1.165, 1.54) is 11.8 Å². The molecule has 2 heterocycles. The van der Waals surface area contributed by atoms with E-state index in [1.54, 1.807) is 27.2 Å². The molecule has 8 nitrogen and oxygen atoms in total. The molecule has 0 saturated carbocycles. The molecule has 0 bridgehead atoms. The van der Waals surface area contributed by atoms with Gasteiger partial charge in [0.2, 0.25) is 5.91 Å². The summed E-state index contributed by atoms with van der Waals surface area (Å²) < 4.78 is 16.9. The summed E-state index contributed by atoms with van der Waals surface area (Å²) in [4.78, 5) is 33.5. The Bertz CT molecular complexity index is 1290. The van der Waals surface area contributed by atoms with Crippen LogP contribution < -0.4 is 14.8 Å². The van der Waals surface area contributed by atoms with Crippen molar-refractivity contribution in [2.75, 3.05) is 20.8 Å². The van der Waals surface area contributed by atoms with E-state index in [1.807, 2.05) is 66.6 Å². The first-order chi connectivity index (χ1) is 18.4. The number of thioether (sulfide) groups is 1. The summed E-state index contributed by atoms with van der Waals surface area (Å²) in [6, 6.07) is 14.4. The van der Waals surface area contributed by atoms with E-state index in [0.29, 0.717) is 33.5 Å². The van der Waals surface area contributed by atoms with Crippen LogP contribution in [0.15, 0.2) is 70.2 Å². The third-order valence-corrected chi connectivity index (χ3v) is 7.33. The molecule has 2 atom stereocenters. The van der Waals surface area contributed by atoms with E-state index in [2.05, 4.69) is 5.32 Å². The number of ether oxygens (including phenoxy) is 3. The highest BCUT2D eigenvalue weighted by molar-refractivity contribution is 8.16. The Hall–Kier alpha value is -3.72. The number of amides is 1. The fourth-order valence-corrected chi connectivity index (χ4v) is 5.35. The molecule has 0 saturated heterocycles. The fourth-order valence-electron chi connectivity index (χ4n) is 4.43. The van der Waals surface area contributed by atoms with Crippen LogP contribution in [-0.2, 0) is 14.3 Å². The molecule has 1 N–H and O–H groups in total. The Labute approximate surface area is 227 Å². The number of benzene rings is 2. The molecular weight excluding hydrogens is 502 g/mol. The smallest absolute Gasteiger partial charge is 0.338 e. The minimum atomic E-state index is -0.667. The molecule has 0 spiro atoms. The zero-order valence-electron chi connectivity index (χ0n) is 22.3. The molecule has 9 heteroatoms. The van der Waals surface area contributed by atoms with Crippen molar-refractivity contribution in [3.63, 3.8) is 0 Å². The van der Waals surface area contributed by atoms with Crippen molar-refractivity contribution in [3.05, 3.63) is 76.3 Å². The van der Waals surface area contributed by atoms with Gasteiger partial charge in [0, 0.05) is 22.9 Å². The summed E-state index contributed by atoms with van der Waals surface area (Å²) in [5.74, 6) is 0.608. The molecule has 2 aromatic rings. The van der Waals surface area contributed by atoms with E-state index in [4.69, 9.17) is 19.2 Å². The maximum atomic E-state index is 13.7. The van der Waals surface area contributed by atoms with Crippen molar-refractivity contribution in [2.45, 2.75) is 45.7 Å². The minimum Gasteiger partial charge on any atom is -0.497 e. The third kappa shape index (κ3) is 5.57. The predicted molar refractivity (Wildman–Crippen MR) is 150 cm³/mol. The second-order valence-corrected chi connectivity index (χ2v) is 9.74. The molecule has 4 rings (SSSR count). The van der Waals surface area contributed by atoms with Crippen molar-refractivity contribution >= 4 is 34.5 Å². The van der Waals surface area contributed by atoms with Crippen LogP contribution in [0.2, 0.25) is 0 Å². The number of nitrogens with one attached hydrogen (secondary N) is 1. The van der Waals surface area contributed by atoms with E-state index < -0.39 is 12.0 Å². The molecule has 0 aliphatic carbocycles. The van der Waals surface area contributed by atoms with Gasteiger partial charge in [0.05, 0.1) is 44.6 Å². The Morgan fingerprint density at radius 1 is 1.11 bits per heavy atom. The molecule has 0 fully saturated rings. The topological polar surface area (TPSA) is 89.5 Å². The first-order valence-electron chi connectivity index (χ1n) is 12.6. The summed E-state index contributed by atoms with van der Waals surface area (Å²) in [5.41, 5.74) is 3.11. The van der Waals surface area contributed by atoms with Gasteiger partial charge in [-0.3, -0.25) is 4.79 Å². The summed E-state index contributed by atoms with van der Waals surface area (Å²) in [6.45, 7) is 5.98. The van der Waals surface area contributed by atoms with Gasteiger partial charge in [-0.25, -0.2) is 9.79 Å². The number of nitrogens with zero attached hydrogens (tertiary/aromatic N) is 2. The lowest BCUT2D eigenvalue weighted by atomic mass is 9.90. The van der Waals surface area contributed by atoms with Crippen LogP contribution >= 0.6 is 11.8 Å². The Morgan fingerprint density at radius 3 is 2.53 bits per heavy atom. The minimum absolute atomic E-state index is 0.0561. The fraction of sp³-hybridized carbons (Fsp3) is 0.345. The van der Waals surface area contributed by atoms with Crippen LogP contribution in [0.25, 0.3) is 5.70 Å². The SMILES string of the molecule is CCOC(=O)C1=C(c2ccccc2)N=C2SC=C(CC(=O)N[C@@H](C)CC)N2[C@@H]1c1cc(OC)ccc1OC. The highest BCUT2D eigenvalue weighted by Crippen LogP contribution is 2.49. The van der Waals surface area contributed by atoms with Gasteiger partial charge in [-0.15, -0.1) is 0 Å². The number of rotatable bonds is 10. The van der Waals surface area contributed by atoms with E-state index in [0.717, 1.165) is 17.7 Å². The molecule has 1 amide bonds. The summed E-state index contributed by atoms with van der Waals surface area (Å²) in [7, 11) is 3.18. The number of esters is 1. The molecule has 200 valence electrons. The summed E-state index contributed by atoms with van der Waals surface area (Å²) in [6.07, 6.45) is 0.964. The maximum absolute atomic E-state index is 13.7. The summed E-state index contributed by atoms with van der Waals surface area (Å²) >= 11 is 1.42. The van der Waals surface area contributed by atoms with E-state index in [-0.39, 0.29) is 25.0 Å². The van der Waals surface area contributed by atoms with Gasteiger partial charge < -0.3 is 24.4 Å². The second-order valence-electron chi connectivity index (χ2n) is 8.90. The largest absolute Gasteiger partial charge is 0.497 e. The number of hydrogen-bond donors (Lipinski definition) is 1. The predicted octanol–water partition coefficient (Wildman–Crippen LogP) is 5.28. The monoisotopic (exact) mass is 535 g/mol. The quantitative estimate of drug-likeness (QED) is 0.414. The van der Waals surface area contributed by atoms with Gasteiger partial charge in [0.15, 0.2) is 5.17 Å². The normalized spacial score (nSPS) is 17.3. The summed E-state index contributed by atoms with van der Waals surface area (Å²) in [5, 5.41) is 5.62. The number of methoxy groups -OCH3 is 2. The number of hydrogen-bond acceptors (Lipinski definition) is 8. The van der Waals surface area contributed by atoms with Crippen molar-refractivity contribution in [1.82, 2.24) is 10.2 Å². The maximum Gasteiger partial charge on any atom is 0.338 e. The van der Waals surface area contributed by atoms with Crippen LogP contribution in [0.5, 0.6) is 11.5 Å². The molecule has 0 unspecified atom stereocenters. The zero-order valence-corrected chi connectivity index (χ0v) is 23.1. The van der Waals surface area contributed by atoms with Crippen LogP contribution in [-0.4, -0.2) is 48.8 Å². The number of carbonyl (C=O) groups is 2. The highest BCUT2D eigenvalue weighted by Gasteiger charge is 2.43. The lowest BCUT2D eigenvalue weighted by molar-refractivity contribution is -0.139. The molecule has 0 radical (unpaired) electrons. The van der Waals surface area contributed by atoms with Crippen molar-refractivity contribution < 1.29 is 23.8 Å². The van der Waals surface area contributed by atoms with Crippen molar-refractivity contribution in [1.29, 1.82) is 0 Å². The van der Waals surface area contributed by atoms with Crippen LogP contribution in [0.1, 0.15) is 50.8 Å². The van der Waals surface area contributed by atoms with E-state index >= 15 is 0 Å². The van der Waals surface area contributed by atoms with Gasteiger partial charge in [-0.05, 0) is 43.9 Å². The lowest BCUT2D eigenvalue weighted by Gasteiger charge is -2.37. The highest BCUT2D eigenvalue weighted by atomic mass is 32.2. The lowest BCUT2D eigenvalue weighted by Crippen LogP contribution is -2.39. The average Bonchev–Trinajstić information content (AvgIpc) is 3.34. The van der Waals surface area contributed by atoms with Gasteiger partial charge in [0.25, 0.3) is 0 Å². The molecule has 2 aromatic carbocycles.